The predicted molar refractivity (Wildman–Crippen MR) is 58.5 cm³/mol. The molecule has 0 saturated carbocycles. The molecule has 0 spiro atoms. The minimum Gasteiger partial charge on any atom is -0.303 e. The quantitative estimate of drug-likeness (QED) is 0.609. The normalized spacial score (nSPS) is 21.4. The molecule has 0 unspecified atom stereocenters. The van der Waals surface area contributed by atoms with Gasteiger partial charge in [0.2, 0.25) is 0 Å². The highest BCUT2D eigenvalue weighted by Crippen LogP contribution is 2.17. The molecule has 0 N–H and O–H groups in total. The summed E-state index contributed by atoms with van der Waals surface area (Å²) in [6.07, 6.45) is 5.91. The van der Waals surface area contributed by atoms with Gasteiger partial charge in [0, 0.05) is 6.54 Å². The lowest BCUT2D eigenvalue weighted by molar-refractivity contribution is 0.188. The van der Waals surface area contributed by atoms with Crippen molar-refractivity contribution in [2.24, 2.45) is 10.9 Å². The van der Waals surface area contributed by atoms with Crippen LogP contribution < -0.4 is 0 Å². The smallest absolute Gasteiger partial charge is 0.0414 e. The van der Waals surface area contributed by atoms with E-state index in [4.69, 9.17) is 0 Å². The summed E-state index contributed by atoms with van der Waals surface area (Å²) in [4.78, 5) is 6.90. The average molecular weight is 182 g/mol. The molecule has 1 fully saturated rings. The van der Waals surface area contributed by atoms with Crippen LogP contribution in [0.1, 0.15) is 33.1 Å². The van der Waals surface area contributed by atoms with E-state index >= 15 is 0 Å². The third-order valence-electron chi connectivity index (χ3n) is 2.79. The molecule has 1 aliphatic heterocycles. The van der Waals surface area contributed by atoms with Gasteiger partial charge in [0.25, 0.3) is 0 Å². The van der Waals surface area contributed by atoms with Crippen LogP contribution in [0.2, 0.25) is 0 Å². The molecular weight excluding hydrogens is 160 g/mol. The van der Waals surface area contributed by atoms with Crippen molar-refractivity contribution in [3.05, 3.63) is 0 Å². The fourth-order valence-corrected chi connectivity index (χ4v) is 1.96. The Bertz CT molecular complexity index is 146. The van der Waals surface area contributed by atoms with E-state index in [2.05, 4.69) is 16.8 Å². The van der Waals surface area contributed by atoms with E-state index < -0.39 is 0 Å². The molecule has 0 atom stereocenters. The van der Waals surface area contributed by atoms with Crippen LogP contribution >= 0.6 is 0 Å². The van der Waals surface area contributed by atoms with Crippen molar-refractivity contribution in [2.75, 3.05) is 26.2 Å². The Balaban J connectivity index is 2.14. The number of nitrogens with zero attached hydrogens (tertiary/aromatic N) is 2. The summed E-state index contributed by atoms with van der Waals surface area (Å²) in [5.74, 6) is 0.851. The molecule has 0 amide bonds. The maximum atomic E-state index is 4.32. The molecular formula is C11H22N2. The van der Waals surface area contributed by atoms with E-state index in [1.54, 1.807) is 0 Å². The van der Waals surface area contributed by atoms with E-state index in [9.17, 15) is 0 Å². The van der Waals surface area contributed by atoms with Crippen LogP contribution in [0.25, 0.3) is 0 Å². The summed E-state index contributed by atoms with van der Waals surface area (Å²) in [7, 11) is 0. The van der Waals surface area contributed by atoms with Crippen molar-refractivity contribution >= 4 is 6.21 Å². The zero-order valence-corrected chi connectivity index (χ0v) is 9.00. The van der Waals surface area contributed by atoms with Gasteiger partial charge < -0.3 is 4.90 Å². The number of hydrogen-bond donors (Lipinski definition) is 0. The van der Waals surface area contributed by atoms with Gasteiger partial charge in [-0.1, -0.05) is 6.92 Å². The van der Waals surface area contributed by atoms with Crippen LogP contribution in [-0.4, -0.2) is 37.3 Å². The first-order valence-corrected chi connectivity index (χ1v) is 5.53. The summed E-state index contributed by atoms with van der Waals surface area (Å²) in [5.41, 5.74) is 0. The zero-order chi connectivity index (χ0) is 9.52. The summed E-state index contributed by atoms with van der Waals surface area (Å²) in [5, 5.41) is 0. The molecule has 13 heavy (non-hydrogen) atoms. The van der Waals surface area contributed by atoms with Crippen molar-refractivity contribution in [2.45, 2.75) is 33.1 Å². The molecule has 0 bridgehead atoms. The number of hydrogen-bond acceptors (Lipinski definition) is 2. The molecule has 0 aromatic heterocycles. The number of aliphatic imine (C=N–C) groups is 1. The van der Waals surface area contributed by atoms with Gasteiger partial charge in [-0.05, 0) is 58.0 Å². The SMILES string of the molecule is CC=NCC1CCN(CCC)CC1. The van der Waals surface area contributed by atoms with Crippen LogP contribution in [-0.2, 0) is 0 Å². The van der Waals surface area contributed by atoms with Crippen LogP contribution in [0.15, 0.2) is 4.99 Å². The van der Waals surface area contributed by atoms with Gasteiger partial charge in [0.1, 0.15) is 0 Å². The van der Waals surface area contributed by atoms with E-state index in [0.29, 0.717) is 0 Å². The molecule has 2 nitrogen and oxygen atoms in total. The molecule has 1 saturated heterocycles. The highest BCUT2D eigenvalue weighted by Gasteiger charge is 2.17. The van der Waals surface area contributed by atoms with Crippen LogP contribution in [0, 0.1) is 5.92 Å². The van der Waals surface area contributed by atoms with Gasteiger partial charge in [-0.15, -0.1) is 0 Å². The number of piperidine rings is 1. The Kier molecular flexibility index (Phi) is 5.06. The van der Waals surface area contributed by atoms with E-state index in [1.165, 1.54) is 38.9 Å². The molecule has 0 aliphatic carbocycles. The first kappa shape index (κ1) is 10.7. The monoisotopic (exact) mass is 182 g/mol. The lowest BCUT2D eigenvalue weighted by Gasteiger charge is -2.30. The maximum absolute atomic E-state index is 4.32. The zero-order valence-electron chi connectivity index (χ0n) is 9.00. The van der Waals surface area contributed by atoms with Crippen molar-refractivity contribution in [1.29, 1.82) is 0 Å². The Labute approximate surface area is 82.0 Å². The second-order valence-corrected chi connectivity index (χ2v) is 3.91. The van der Waals surface area contributed by atoms with Crippen LogP contribution in [0.3, 0.4) is 0 Å². The van der Waals surface area contributed by atoms with Gasteiger partial charge in [-0.2, -0.15) is 0 Å². The average Bonchev–Trinajstić information content (AvgIpc) is 2.17. The van der Waals surface area contributed by atoms with Crippen LogP contribution in [0.4, 0.5) is 0 Å². The molecule has 0 radical (unpaired) electrons. The first-order valence-electron chi connectivity index (χ1n) is 5.53. The Morgan fingerprint density at radius 2 is 2.08 bits per heavy atom. The molecule has 76 valence electrons. The van der Waals surface area contributed by atoms with Crippen molar-refractivity contribution in [3.63, 3.8) is 0 Å². The Morgan fingerprint density at radius 1 is 1.38 bits per heavy atom. The Hall–Kier alpha value is -0.370. The second kappa shape index (κ2) is 6.14. The second-order valence-electron chi connectivity index (χ2n) is 3.91. The molecule has 1 rings (SSSR count). The lowest BCUT2D eigenvalue weighted by Crippen LogP contribution is -2.34. The fourth-order valence-electron chi connectivity index (χ4n) is 1.96. The van der Waals surface area contributed by atoms with Crippen molar-refractivity contribution in [1.82, 2.24) is 4.90 Å². The fraction of sp³-hybridized carbons (Fsp3) is 0.909. The standard InChI is InChI=1S/C11H22N2/c1-3-7-13-8-5-11(6-9-13)10-12-4-2/h4,11H,3,5-10H2,1-2H3. The topological polar surface area (TPSA) is 15.6 Å². The third kappa shape index (κ3) is 3.90. The van der Waals surface area contributed by atoms with Gasteiger partial charge >= 0.3 is 0 Å². The van der Waals surface area contributed by atoms with Gasteiger partial charge in [-0.3, -0.25) is 4.99 Å². The number of likely N-dealkylation sites (tertiary alicyclic amines) is 1. The van der Waals surface area contributed by atoms with E-state index in [0.717, 1.165) is 12.5 Å². The highest BCUT2D eigenvalue weighted by molar-refractivity contribution is 5.53. The minimum atomic E-state index is 0.851. The van der Waals surface area contributed by atoms with E-state index in [1.807, 2.05) is 13.1 Å². The van der Waals surface area contributed by atoms with Crippen LogP contribution in [0.5, 0.6) is 0 Å². The molecule has 0 aromatic rings. The molecule has 0 aromatic carbocycles. The third-order valence-corrected chi connectivity index (χ3v) is 2.79. The summed E-state index contributed by atoms with van der Waals surface area (Å²) in [6.45, 7) is 9.18. The Morgan fingerprint density at radius 3 is 2.62 bits per heavy atom. The summed E-state index contributed by atoms with van der Waals surface area (Å²) in [6, 6.07) is 0. The van der Waals surface area contributed by atoms with Crippen molar-refractivity contribution < 1.29 is 0 Å². The minimum absolute atomic E-state index is 0.851. The molecule has 1 aliphatic rings. The largest absolute Gasteiger partial charge is 0.303 e. The van der Waals surface area contributed by atoms with Gasteiger partial charge in [-0.25, -0.2) is 0 Å². The number of rotatable bonds is 4. The van der Waals surface area contributed by atoms with Gasteiger partial charge in [0.05, 0.1) is 0 Å². The molecule has 1 heterocycles. The summed E-state index contributed by atoms with van der Waals surface area (Å²) < 4.78 is 0. The first-order chi connectivity index (χ1) is 6.36. The maximum Gasteiger partial charge on any atom is 0.0414 e. The molecule has 2 heteroatoms. The van der Waals surface area contributed by atoms with E-state index in [-0.39, 0.29) is 0 Å². The highest BCUT2D eigenvalue weighted by atomic mass is 15.1. The van der Waals surface area contributed by atoms with Crippen molar-refractivity contribution in [3.8, 4) is 0 Å². The predicted octanol–water partition coefficient (Wildman–Crippen LogP) is 2.20. The summed E-state index contributed by atoms with van der Waals surface area (Å²) >= 11 is 0. The lowest BCUT2D eigenvalue weighted by atomic mass is 9.97. The van der Waals surface area contributed by atoms with Gasteiger partial charge in [0.15, 0.2) is 0 Å².